The molecule has 2 rings (SSSR count). The first-order valence-corrected chi connectivity index (χ1v) is 7.19. The van der Waals surface area contributed by atoms with Crippen LogP contribution in [0.3, 0.4) is 0 Å². The molecule has 100 valence electrons. The number of rotatable bonds is 3. The Morgan fingerprint density at radius 3 is 2.58 bits per heavy atom. The fraction of sp³-hybridized carbons (Fsp3) is 0.154. The molecule has 0 saturated heterocycles. The van der Waals surface area contributed by atoms with Gasteiger partial charge in [0.2, 0.25) is 0 Å². The lowest BCUT2D eigenvalue weighted by molar-refractivity contribution is 0.101. The number of benzene rings is 1. The van der Waals surface area contributed by atoms with Crippen LogP contribution in [0.15, 0.2) is 34.9 Å². The molecule has 0 saturated carbocycles. The maximum absolute atomic E-state index is 12.2. The predicted molar refractivity (Wildman–Crippen MR) is 82.2 cm³/mol. The van der Waals surface area contributed by atoms with Crippen molar-refractivity contribution < 1.29 is 4.79 Å². The second-order valence-electron chi connectivity index (χ2n) is 3.88. The highest BCUT2D eigenvalue weighted by Crippen LogP contribution is 2.30. The monoisotopic (exact) mass is 360 g/mol. The van der Waals surface area contributed by atoms with Gasteiger partial charge in [0.05, 0.1) is 15.7 Å². The van der Waals surface area contributed by atoms with Crippen LogP contribution in [-0.4, -0.2) is 10.5 Å². The molecule has 1 heterocycles. The number of carbonyl (C=O) groups is 1. The van der Waals surface area contributed by atoms with Gasteiger partial charge >= 0.3 is 0 Å². The molecule has 2 aromatic rings. The van der Waals surface area contributed by atoms with Crippen molar-refractivity contribution in [2.75, 3.05) is 5.32 Å². The normalized spacial score (nSPS) is 10.5. The van der Waals surface area contributed by atoms with Crippen LogP contribution in [0.5, 0.6) is 0 Å². The van der Waals surface area contributed by atoms with E-state index in [1.54, 1.807) is 24.3 Å². The van der Waals surface area contributed by atoms with Crippen LogP contribution in [0.25, 0.3) is 0 Å². The first-order chi connectivity index (χ1) is 9.02. The molecule has 0 fully saturated rings. The number of para-hydroxylation sites is 1. The van der Waals surface area contributed by atoms with Crippen molar-refractivity contribution in [1.82, 2.24) is 4.57 Å². The van der Waals surface area contributed by atoms with Gasteiger partial charge in [0.1, 0.15) is 5.69 Å². The van der Waals surface area contributed by atoms with Crippen LogP contribution in [0.2, 0.25) is 10.0 Å². The van der Waals surface area contributed by atoms with Crippen molar-refractivity contribution in [3.8, 4) is 0 Å². The number of hydrogen-bond donors (Lipinski definition) is 1. The number of carbonyl (C=O) groups excluding carboxylic acids is 1. The lowest BCUT2D eigenvalue weighted by Gasteiger charge is -2.10. The van der Waals surface area contributed by atoms with E-state index >= 15 is 0 Å². The van der Waals surface area contributed by atoms with Crippen molar-refractivity contribution >= 4 is 50.7 Å². The number of anilines is 1. The van der Waals surface area contributed by atoms with Gasteiger partial charge in [-0.05, 0) is 41.1 Å². The van der Waals surface area contributed by atoms with E-state index in [1.807, 2.05) is 17.7 Å². The zero-order valence-corrected chi connectivity index (χ0v) is 13.2. The molecule has 1 aromatic heterocycles. The molecule has 0 spiro atoms. The number of hydrogen-bond acceptors (Lipinski definition) is 1. The highest BCUT2D eigenvalue weighted by atomic mass is 79.9. The predicted octanol–water partition coefficient (Wildman–Crippen LogP) is 4.83. The fourth-order valence-electron chi connectivity index (χ4n) is 1.72. The highest BCUT2D eigenvalue weighted by molar-refractivity contribution is 9.10. The summed E-state index contributed by atoms with van der Waals surface area (Å²) in [5.41, 5.74) is 0.973. The maximum Gasteiger partial charge on any atom is 0.272 e. The summed E-state index contributed by atoms with van der Waals surface area (Å²) in [7, 11) is 0. The van der Waals surface area contributed by atoms with E-state index in [9.17, 15) is 4.79 Å². The highest BCUT2D eigenvalue weighted by Gasteiger charge is 2.15. The first kappa shape index (κ1) is 14.4. The minimum Gasteiger partial charge on any atom is -0.343 e. The molecule has 1 aromatic carbocycles. The van der Waals surface area contributed by atoms with Gasteiger partial charge in [0, 0.05) is 17.2 Å². The lowest BCUT2D eigenvalue weighted by Crippen LogP contribution is -2.16. The molecular formula is C13H11BrCl2N2O. The number of aryl methyl sites for hydroxylation is 1. The van der Waals surface area contributed by atoms with Gasteiger partial charge in [0.25, 0.3) is 5.91 Å². The fourth-order valence-corrected chi connectivity index (χ4v) is 2.68. The molecule has 1 N–H and O–H groups in total. The van der Waals surface area contributed by atoms with E-state index in [1.165, 1.54) is 0 Å². The zero-order valence-electron chi connectivity index (χ0n) is 10.1. The average Bonchev–Trinajstić information content (AvgIpc) is 2.75. The second-order valence-corrected chi connectivity index (χ2v) is 5.61. The van der Waals surface area contributed by atoms with Crippen LogP contribution >= 0.6 is 39.1 Å². The van der Waals surface area contributed by atoms with E-state index in [2.05, 4.69) is 21.2 Å². The molecule has 0 aliphatic carbocycles. The molecule has 6 heteroatoms. The van der Waals surface area contributed by atoms with Crippen LogP contribution in [0, 0.1) is 0 Å². The quantitative estimate of drug-likeness (QED) is 0.834. The van der Waals surface area contributed by atoms with Crippen molar-refractivity contribution in [1.29, 1.82) is 0 Å². The molecule has 0 radical (unpaired) electrons. The number of nitrogens with zero attached hydrogens (tertiary/aromatic N) is 1. The van der Waals surface area contributed by atoms with E-state index in [-0.39, 0.29) is 5.91 Å². The van der Waals surface area contributed by atoms with E-state index in [0.29, 0.717) is 28.0 Å². The van der Waals surface area contributed by atoms with Gasteiger partial charge in [-0.3, -0.25) is 4.79 Å². The largest absolute Gasteiger partial charge is 0.343 e. The number of halogens is 3. The van der Waals surface area contributed by atoms with Gasteiger partial charge in [-0.15, -0.1) is 0 Å². The van der Waals surface area contributed by atoms with Crippen molar-refractivity contribution in [2.45, 2.75) is 13.5 Å². The number of aromatic nitrogens is 1. The minimum absolute atomic E-state index is 0.248. The summed E-state index contributed by atoms with van der Waals surface area (Å²) < 4.78 is 2.69. The second kappa shape index (κ2) is 5.99. The summed E-state index contributed by atoms with van der Waals surface area (Å²) in [5, 5.41) is 3.56. The topological polar surface area (TPSA) is 34.0 Å². The third-order valence-corrected chi connectivity index (χ3v) is 3.70. The van der Waals surface area contributed by atoms with Crippen LogP contribution < -0.4 is 5.32 Å². The van der Waals surface area contributed by atoms with E-state index < -0.39 is 0 Å². The van der Waals surface area contributed by atoms with E-state index in [4.69, 9.17) is 23.2 Å². The number of amides is 1. The standard InChI is InChI=1S/C13H11BrCl2N2O/c1-2-18-7-8(14)6-11(18)13(19)17-12-9(15)4-3-5-10(12)16/h3-7H,2H2,1H3,(H,17,19). The molecule has 1 amide bonds. The Labute approximate surface area is 129 Å². The van der Waals surface area contributed by atoms with Gasteiger partial charge < -0.3 is 9.88 Å². The van der Waals surface area contributed by atoms with Crippen molar-refractivity contribution in [3.05, 3.63) is 50.7 Å². The van der Waals surface area contributed by atoms with Gasteiger partial charge in [-0.25, -0.2) is 0 Å². The van der Waals surface area contributed by atoms with E-state index in [0.717, 1.165) is 4.47 Å². The summed E-state index contributed by atoms with van der Waals surface area (Å²) >= 11 is 15.4. The third-order valence-electron chi connectivity index (χ3n) is 2.64. The Hall–Kier alpha value is -0.970. The summed E-state index contributed by atoms with van der Waals surface area (Å²) in [6.45, 7) is 2.66. The van der Waals surface area contributed by atoms with Crippen LogP contribution in [-0.2, 0) is 6.54 Å². The average molecular weight is 362 g/mol. The van der Waals surface area contributed by atoms with Gasteiger partial charge in [-0.2, -0.15) is 0 Å². The van der Waals surface area contributed by atoms with Crippen LogP contribution in [0.1, 0.15) is 17.4 Å². The Morgan fingerprint density at radius 1 is 1.37 bits per heavy atom. The summed E-state index contributed by atoms with van der Waals surface area (Å²) in [6, 6.07) is 6.84. The summed E-state index contributed by atoms with van der Waals surface area (Å²) in [4.78, 5) is 12.2. The molecule has 3 nitrogen and oxygen atoms in total. The molecule has 0 unspecified atom stereocenters. The molecule has 0 bridgehead atoms. The SMILES string of the molecule is CCn1cc(Br)cc1C(=O)Nc1c(Cl)cccc1Cl. The molecule has 0 aliphatic rings. The molecule has 19 heavy (non-hydrogen) atoms. The maximum atomic E-state index is 12.2. The third kappa shape index (κ3) is 3.14. The first-order valence-electron chi connectivity index (χ1n) is 5.64. The van der Waals surface area contributed by atoms with Crippen molar-refractivity contribution in [3.63, 3.8) is 0 Å². The Balaban J connectivity index is 2.31. The molecule has 0 atom stereocenters. The summed E-state index contributed by atoms with van der Waals surface area (Å²) in [5.74, 6) is -0.248. The Bertz CT molecular complexity index is 605. The summed E-state index contributed by atoms with van der Waals surface area (Å²) in [6.07, 6.45) is 1.85. The van der Waals surface area contributed by atoms with Gasteiger partial charge in [-0.1, -0.05) is 29.3 Å². The zero-order chi connectivity index (χ0) is 14.0. The molecular weight excluding hydrogens is 351 g/mol. The molecule has 0 aliphatic heterocycles. The Kier molecular flexibility index (Phi) is 4.55. The van der Waals surface area contributed by atoms with Crippen molar-refractivity contribution in [2.24, 2.45) is 0 Å². The Morgan fingerprint density at radius 2 is 2.00 bits per heavy atom. The number of nitrogens with one attached hydrogen (secondary N) is 1. The van der Waals surface area contributed by atoms with Crippen LogP contribution in [0.4, 0.5) is 5.69 Å². The lowest BCUT2D eigenvalue weighted by atomic mass is 10.3. The smallest absolute Gasteiger partial charge is 0.272 e. The minimum atomic E-state index is -0.248. The van der Waals surface area contributed by atoms with Gasteiger partial charge in [0.15, 0.2) is 0 Å².